The fourth-order valence-electron chi connectivity index (χ4n) is 12.5. The van der Waals surface area contributed by atoms with E-state index in [-0.39, 0.29) is 98.4 Å². The maximum Gasteiger partial charge on any atom is 0.410 e. The lowest BCUT2D eigenvalue weighted by molar-refractivity contribution is -0.00123. The molecule has 6 aliphatic heterocycles. The molecule has 3 aromatic carbocycles. The predicted octanol–water partition coefficient (Wildman–Crippen LogP) is 20.3. The molecule has 0 unspecified atom stereocenters. The topological polar surface area (TPSA) is 318 Å². The van der Waals surface area contributed by atoms with Crippen molar-refractivity contribution in [3.05, 3.63) is 276 Å². The average Bonchev–Trinajstić information content (AvgIpc) is 0.766. The van der Waals surface area contributed by atoms with Gasteiger partial charge in [0.2, 0.25) is 17.5 Å². The van der Waals surface area contributed by atoms with Crippen molar-refractivity contribution in [3.63, 3.8) is 0 Å². The molecule has 3 spiro atoms. The van der Waals surface area contributed by atoms with E-state index in [1.165, 1.54) is 24.8 Å². The number of aromatic carboxylic acids is 2. The van der Waals surface area contributed by atoms with Gasteiger partial charge in [-0.3, -0.25) is 9.59 Å². The molecule has 0 radical (unpaired) electrons. The number of carbonyl (C=O) groups excluding carboxylic acids is 3. The van der Waals surface area contributed by atoms with Gasteiger partial charge in [-0.15, -0.1) is 9.97 Å². The highest BCUT2D eigenvalue weighted by Gasteiger charge is 2.42. The van der Waals surface area contributed by atoms with E-state index in [2.05, 4.69) is 137 Å². The molecule has 2 amide bonds. The van der Waals surface area contributed by atoms with Gasteiger partial charge >= 0.3 is 18.0 Å². The van der Waals surface area contributed by atoms with Crippen LogP contribution in [0.2, 0.25) is 0 Å². The third-order valence-electron chi connectivity index (χ3n) is 18.0. The molecule has 0 bridgehead atoms. The summed E-state index contributed by atoms with van der Waals surface area (Å²) in [5.74, 6) is 1.25. The Morgan fingerprint density at radius 3 is 1.13 bits per heavy atom. The van der Waals surface area contributed by atoms with E-state index in [1.807, 2.05) is 120 Å². The largest absolute Gasteiger partial charge is 0.482 e. The molecule has 3 saturated heterocycles. The normalized spacial score (nSPS) is 14.5. The number of rotatable bonds is 9. The quantitative estimate of drug-likeness (QED) is 0.0770. The Hall–Kier alpha value is -11.1. The van der Waals surface area contributed by atoms with Crippen LogP contribution in [-0.4, -0.2) is 169 Å². The van der Waals surface area contributed by atoms with Crippen LogP contribution in [0.4, 0.5) is 16.4 Å². The van der Waals surface area contributed by atoms with Gasteiger partial charge in [0.15, 0.2) is 0 Å². The van der Waals surface area contributed by atoms with Gasteiger partial charge < -0.3 is 59.3 Å². The van der Waals surface area contributed by atoms with Crippen molar-refractivity contribution in [2.75, 3.05) is 52.4 Å². The first-order valence-corrected chi connectivity index (χ1v) is 38.1. The molecule has 9 aromatic rings. The molecule has 6 aliphatic rings. The number of para-hydroxylation sites is 3. The molecule has 0 aliphatic carbocycles. The van der Waals surface area contributed by atoms with Gasteiger partial charge in [-0.25, -0.2) is 49.3 Å². The summed E-state index contributed by atoms with van der Waals surface area (Å²) in [5, 5.41) is 23.5. The van der Waals surface area contributed by atoms with Crippen molar-refractivity contribution in [2.24, 2.45) is 0 Å². The first kappa shape index (κ1) is 101. The summed E-state index contributed by atoms with van der Waals surface area (Å²) >= 11 is 14.5. The summed E-state index contributed by atoms with van der Waals surface area (Å²) in [6, 6.07) is 34.9. The van der Waals surface area contributed by atoms with E-state index in [9.17, 15) is 24.0 Å². The molecule has 0 saturated carbocycles. The predicted molar refractivity (Wildman–Crippen MR) is 475 cm³/mol. The highest BCUT2D eigenvalue weighted by atomic mass is 79.9. The lowest BCUT2D eigenvalue weighted by atomic mass is 9.83. The van der Waals surface area contributed by atoms with Crippen molar-refractivity contribution in [1.29, 1.82) is 0 Å². The van der Waals surface area contributed by atoms with Gasteiger partial charge in [0.05, 0.1) is 13.4 Å². The van der Waals surface area contributed by atoms with Crippen LogP contribution in [0.3, 0.4) is 0 Å². The first-order chi connectivity index (χ1) is 53.3. The molecule has 12 heterocycles. The number of pyridine rings is 3. The lowest BCUT2D eigenvalue weighted by Gasteiger charge is -2.43. The summed E-state index contributed by atoms with van der Waals surface area (Å²) in [6.07, 6.45) is 25.4. The number of amides is 2. The molecule has 0 atom stereocenters. The van der Waals surface area contributed by atoms with Crippen molar-refractivity contribution < 1.29 is 53.1 Å². The molecule has 3 fully saturated rings. The highest BCUT2D eigenvalue weighted by molar-refractivity contribution is 9.11. The second kappa shape index (κ2) is 46.8. The Morgan fingerprint density at radius 1 is 0.483 bits per heavy atom. The van der Waals surface area contributed by atoms with Gasteiger partial charge in [-0.05, 0) is 192 Å². The number of benzene rings is 3. The minimum atomic E-state index is -1.12. The summed E-state index contributed by atoms with van der Waals surface area (Å²) in [6.45, 7) is 29.9. The molecular formula is C88H105Br3ClN15O11. The summed E-state index contributed by atoms with van der Waals surface area (Å²) in [7, 11) is 0. The molecule has 4 N–H and O–H groups in total. The van der Waals surface area contributed by atoms with Crippen LogP contribution < -0.4 is 24.8 Å². The molecular weight excluding hydrogens is 1720 g/mol. The van der Waals surface area contributed by atoms with Gasteiger partial charge in [-0.1, -0.05) is 138 Å². The minimum absolute atomic E-state index is 0. The third-order valence-corrected chi connectivity index (χ3v) is 19.4. The number of fused-ring (bicyclic) bond motifs is 3. The van der Waals surface area contributed by atoms with Crippen molar-refractivity contribution in [3.8, 4) is 17.2 Å². The number of hydrogen-bond acceptors (Lipinski definition) is 20. The fraction of sp³-hybridized carbons (Fsp3) is 0.341. The number of nitrogens with zero attached hydrogens (tertiary/aromatic N) is 13. The number of hydrogen-bond donors (Lipinski definition) is 4. The van der Waals surface area contributed by atoms with Crippen molar-refractivity contribution >= 4 is 117 Å². The standard InChI is InChI=1S/C24H25N3O3.C19H17N3O.C19H18N2O3.C9H12BrN3O.C5H2BrClN2O.C5H3BrN2O2.7CH4/c1-23(2,3)30-22(28)27-13-11-24(12-14-27)15-19(17-9-10-21(25-4)26-16-17)18-7-5-6-8-20(18)29-24;1-20-18-7-6-14(13-22-18)16-12-19(8-10-21-11-9-19)23-17-5-3-2-4-15(16)17;22-18(23)16-6-5-13(12-21-16)15-11-19(7-9-20-10-8-19)24-17-4-2-1-3-14(15)17;1-3-13(4-2)9(14)8-11-5-7(10)6-12-8;6-3-1-8-5(4(7)10)9-2-3;6-3-1-7-4(5(9)10)8-2-3;;;;;;;/h5-10,15-16H,11-14H2,1-3H3;2-7,12-13,21H,8-11H2;1-6,11-12,20H,7-10H2,(H,22,23);5-6H,3-4H2,1-2H3;1-2H;1-2H,(H,9,10);7*1H4. The number of nitrogens with one attached hydrogen (secondary N) is 2. The van der Waals surface area contributed by atoms with Crippen LogP contribution in [0, 0.1) is 13.1 Å². The first-order valence-electron chi connectivity index (χ1n) is 35.3. The fourth-order valence-corrected chi connectivity index (χ4v) is 13.2. The SMILES string of the molecule is C.C.C.C.C.C.C.CCN(CC)C(=O)c1ncc(Br)cn1.O=C(Cl)c1ncc(Br)cn1.O=C(O)c1ccc(C2=CC3(CCNCC3)Oc3ccccc32)cn1.O=C(O)c1ncc(Br)cn1.[C-]#[N+]c1ccc(C2=CC3(CCN(C(=O)OC(C)(C)C)CC3)Oc3ccccc32)cn1.[C-]#[N+]c1ccc(C2=CC3(CCNCC3)Oc3ccccc32)cn1. The molecule has 30 heteroatoms. The molecule has 626 valence electrons. The van der Waals surface area contributed by atoms with Gasteiger partial charge in [0.25, 0.3) is 22.8 Å². The van der Waals surface area contributed by atoms with Gasteiger partial charge in [0, 0.05) is 141 Å². The molecule has 6 aromatic heterocycles. The Balaban J connectivity index is 0.000000377. The van der Waals surface area contributed by atoms with Gasteiger partial charge in [0.1, 0.15) is 57.7 Å². The van der Waals surface area contributed by atoms with Crippen LogP contribution in [0.25, 0.3) is 26.4 Å². The van der Waals surface area contributed by atoms with Crippen molar-refractivity contribution in [2.45, 2.75) is 148 Å². The lowest BCUT2D eigenvalue weighted by Crippen LogP contribution is -2.50. The zero-order valence-electron chi connectivity index (χ0n) is 61.1. The van der Waals surface area contributed by atoms with E-state index in [4.69, 9.17) is 53.9 Å². The number of carbonyl (C=O) groups is 5. The van der Waals surface area contributed by atoms with Crippen LogP contribution in [0.5, 0.6) is 17.2 Å². The minimum Gasteiger partial charge on any atom is -0.482 e. The number of carboxylic acid groups (broad SMARTS) is 2. The summed E-state index contributed by atoms with van der Waals surface area (Å²) < 4.78 is 26.8. The maximum absolute atomic E-state index is 12.4. The van der Waals surface area contributed by atoms with Gasteiger partial charge in [-0.2, -0.15) is 0 Å². The third kappa shape index (κ3) is 27.0. The zero-order valence-corrected chi connectivity index (χ0v) is 66.6. The Bertz CT molecular complexity index is 4910. The van der Waals surface area contributed by atoms with Crippen LogP contribution in [0.1, 0.15) is 201 Å². The zero-order chi connectivity index (χ0) is 79.3. The second-order valence-electron chi connectivity index (χ2n) is 26.6. The van der Waals surface area contributed by atoms with Crippen LogP contribution >= 0.6 is 59.4 Å². The smallest absolute Gasteiger partial charge is 0.410 e. The molecule has 26 nitrogen and oxygen atoms in total. The number of halogens is 4. The highest BCUT2D eigenvalue weighted by Crippen LogP contribution is 2.46. The number of aromatic nitrogens is 9. The Labute approximate surface area is 723 Å². The number of ether oxygens (including phenoxy) is 4. The van der Waals surface area contributed by atoms with Crippen LogP contribution in [-0.2, 0) is 4.74 Å². The van der Waals surface area contributed by atoms with Crippen molar-refractivity contribution in [1.82, 2.24) is 65.3 Å². The Morgan fingerprint density at radius 2 is 0.822 bits per heavy atom. The maximum atomic E-state index is 12.4. The van der Waals surface area contributed by atoms with Crippen LogP contribution in [0.15, 0.2) is 197 Å². The second-order valence-corrected chi connectivity index (χ2v) is 29.7. The Kier molecular flexibility index (Phi) is 40.1. The number of piperidine rings is 3. The monoisotopic (exact) mass is 1820 g/mol. The van der Waals surface area contributed by atoms with E-state index >= 15 is 0 Å². The van der Waals surface area contributed by atoms with E-state index in [0.29, 0.717) is 59.6 Å². The number of carboxylic acids is 2. The molecule has 118 heavy (non-hydrogen) atoms. The van der Waals surface area contributed by atoms with E-state index < -0.39 is 28.4 Å². The summed E-state index contributed by atoms with van der Waals surface area (Å²) in [4.78, 5) is 101. The van der Waals surface area contributed by atoms with E-state index in [0.717, 1.165) is 124 Å². The molecule has 15 rings (SSSR count). The average molecular weight is 1820 g/mol. The number of likely N-dealkylation sites (tertiary alicyclic amines) is 1. The van der Waals surface area contributed by atoms with E-state index in [1.54, 1.807) is 59.0 Å². The summed E-state index contributed by atoms with van der Waals surface area (Å²) in [5.41, 5.74) is 7.78.